The number of nitrogens with two attached hydrogens (primary N) is 1. The third-order valence-electron chi connectivity index (χ3n) is 3.73. The van der Waals surface area contributed by atoms with Gasteiger partial charge in [-0.15, -0.1) is 0 Å². The molecule has 1 aliphatic rings. The summed E-state index contributed by atoms with van der Waals surface area (Å²) in [5.74, 6) is 0.964. The van der Waals surface area contributed by atoms with Crippen molar-refractivity contribution in [1.82, 2.24) is 0 Å². The van der Waals surface area contributed by atoms with Crippen LogP contribution in [0.3, 0.4) is 0 Å². The largest absolute Gasteiger partial charge is 0.495 e. The number of benzene rings is 1. The molecule has 0 spiro atoms. The summed E-state index contributed by atoms with van der Waals surface area (Å²) in [6.45, 7) is 5.01. The van der Waals surface area contributed by atoms with Gasteiger partial charge in [-0.3, -0.25) is 0 Å². The second-order valence-corrected chi connectivity index (χ2v) is 5.55. The van der Waals surface area contributed by atoms with E-state index >= 15 is 0 Å². The highest BCUT2D eigenvalue weighted by atomic mass is 79.9. The molecule has 88 valence electrons. The van der Waals surface area contributed by atoms with Crippen molar-refractivity contribution in [2.24, 2.45) is 5.73 Å². The monoisotopic (exact) mass is 283 g/mol. The summed E-state index contributed by atoms with van der Waals surface area (Å²) >= 11 is 3.58. The summed E-state index contributed by atoms with van der Waals surface area (Å²) in [5, 5.41) is 0. The molecule has 1 aromatic carbocycles. The van der Waals surface area contributed by atoms with E-state index in [0.717, 1.165) is 10.2 Å². The van der Waals surface area contributed by atoms with Crippen molar-refractivity contribution in [2.75, 3.05) is 13.7 Å². The Hall–Kier alpha value is -0.540. The zero-order valence-electron chi connectivity index (χ0n) is 10.1. The average molecular weight is 284 g/mol. The lowest BCUT2D eigenvalue weighted by molar-refractivity contribution is 0.400. The van der Waals surface area contributed by atoms with Gasteiger partial charge in [0, 0.05) is 17.5 Å². The van der Waals surface area contributed by atoms with Crippen molar-refractivity contribution >= 4 is 15.9 Å². The molecular weight excluding hydrogens is 266 g/mol. The van der Waals surface area contributed by atoms with E-state index in [1.165, 1.54) is 29.5 Å². The number of methoxy groups -OCH3 is 1. The van der Waals surface area contributed by atoms with Crippen LogP contribution in [-0.2, 0) is 5.41 Å². The number of ether oxygens (including phenoxy) is 1. The van der Waals surface area contributed by atoms with Crippen LogP contribution in [0.4, 0.5) is 0 Å². The Morgan fingerprint density at radius 3 is 2.50 bits per heavy atom. The van der Waals surface area contributed by atoms with Gasteiger partial charge in [0.25, 0.3) is 0 Å². The Labute approximate surface area is 105 Å². The second-order valence-electron chi connectivity index (χ2n) is 4.69. The lowest BCUT2D eigenvalue weighted by Crippen LogP contribution is -2.22. The van der Waals surface area contributed by atoms with Gasteiger partial charge in [0.15, 0.2) is 0 Å². The molecule has 1 aliphatic carbocycles. The molecule has 0 unspecified atom stereocenters. The molecule has 0 atom stereocenters. The zero-order valence-corrected chi connectivity index (χ0v) is 11.6. The van der Waals surface area contributed by atoms with E-state index in [1.54, 1.807) is 7.11 Å². The maximum atomic E-state index is 5.92. The number of rotatable bonds is 3. The van der Waals surface area contributed by atoms with E-state index < -0.39 is 0 Å². The third kappa shape index (κ3) is 1.66. The lowest BCUT2D eigenvalue weighted by atomic mass is 9.88. The predicted octanol–water partition coefficient (Wildman–Crippen LogP) is 3.06. The quantitative estimate of drug-likeness (QED) is 0.925. The van der Waals surface area contributed by atoms with Gasteiger partial charge in [-0.25, -0.2) is 0 Å². The van der Waals surface area contributed by atoms with Crippen molar-refractivity contribution in [2.45, 2.75) is 32.1 Å². The van der Waals surface area contributed by atoms with Gasteiger partial charge in [0.1, 0.15) is 5.75 Å². The topological polar surface area (TPSA) is 35.2 Å². The standard InChI is InChI=1S/C13H18BrNO/c1-8-6-10(14)12(16-3)11(9(8)2)13(7-15)4-5-13/h6H,4-5,7,15H2,1-3H3. The molecule has 1 saturated carbocycles. The first kappa shape index (κ1) is 11.9. The van der Waals surface area contributed by atoms with Gasteiger partial charge in [-0.1, -0.05) is 0 Å². The second kappa shape index (κ2) is 4.04. The smallest absolute Gasteiger partial charge is 0.137 e. The molecule has 2 N–H and O–H groups in total. The van der Waals surface area contributed by atoms with Crippen molar-refractivity contribution in [1.29, 1.82) is 0 Å². The van der Waals surface area contributed by atoms with Gasteiger partial charge in [-0.2, -0.15) is 0 Å². The van der Waals surface area contributed by atoms with Crippen LogP contribution >= 0.6 is 15.9 Å². The van der Waals surface area contributed by atoms with E-state index in [1.807, 2.05) is 0 Å². The molecule has 0 radical (unpaired) electrons. The molecule has 0 saturated heterocycles. The van der Waals surface area contributed by atoms with Gasteiger partial charge in [0.05, 0.1) is 11.6 Å². The molecule has 1 fully saturated rings. The maximum Gasteiger partial charge on any atom is 0.137 e. The molecule has 16 heavy (non-hydrogen) atoms. The van der Waals surface area contributed by atoms with E-state index in [4.69, 9.17) is 10.5 Å². The molecule has 0 aliphatic heterocycles. The first-order valence-corrected chi connectivity index (χ1v) is 6.39. The molecule has 2 nitrogen and oxygen atoms in total. The van der Waals surface area contributed by atoms with E-state index in [-0.39, 0.29) is 5.41 Å². The van der Waals surface area contributed by atoms with Crippen LogP contribution in [0.15, 0.2) is 10.5 Å². The Kier molecular flexibility index (Phi) is 3.01. The molecule has 1 aromatic rings. The fourth-order valence-electron chi connectivity index (χ4n) is 2.40. The molecular formula is C13H18BrNO. The van der Waals surface area contributed by atoms with Crippen molar-refractivity contribution in [3.8, 4) is 5.75 Å². The SMILES string of the molecule is COc1c(Br)cc(C)c(C)c1C1(CN)CC1. The van der Waals surface area contributed by atoms with Gasteiger partial charge >= 0.3 is 0 Å². The highest BCUT2D eigenvalue weighted by molar-refractivity contribution is 9.10. The summed E-state index contributed by atoms with van der Waals surface area (Å²) in [6, 6.07) is 2.12. The van der Waals surface area contributed by atoms with Crippen LogP contribution < -0.4 is 10.5 Å². The van der Waals surface area contributed by atoms with Crippen molar-refractivity contribution < 1.29 is 4.74 Å². The van der Waals surface area contributed by atoms with Gasteiger partial charge in [-0.05, 0) is 59.8 Å². The van der Waals surface area contributed by atoms with Gasteiger partial charge < -0.3 is 10.5 Å². The normalized spacial score (nSPS) is 17.3. The molecule has 2 rings (SSSR count). The van der Waals surface area contributed by atoms with Crippen LogP contribution in [0, 0.1) is 13.8 Å². The Morgan fingerprint density at radius 1 is 1.44 bits per heavy atom. The van der Waals surface area contributed by atoms with Crippen LogP contribution in [0.2, 0.25) is 0 Å². The number of halogens is 1. The number of aryl methyl sites for hydroxylation is 1. The van der Waals surface area contributed by atoms with E-state index in [0.29, 0.717) is 6.54 Å². The first-order chi connectivity index (χ1) is 7.55. The van der Waals surface area contributed by atoms with Crippen molar-refractivity contribution in [3.63, 3.8) is 0 Å². The molecule has 0 aromatic heterocycles. The molecule has 0 amide bonds. The minimum atomic E-state index is 0.171. The molecule has 0 heterocycles. The van der Waals surface area contributed by atoms with Crippen LogP contribution in [-0.4, -0.2) is 13.7 Å². The highest BCUT2D eigenvalue weighted by Gasteiger charge is 2.46. The maximum absolute atomic E-state index is 5.92. The molecule has 0 bridgehead atoms. The van der Waals surface area contributed by atoms with Crippen LogP contribution in [0.25, 0.3) is 0 Å². The summed E-state index contributed by atoms with van der Waals surface area (Å²) in [5.41, 5.74) is 10.0. The van der Waals surface area contributed by atoms with Gasteiger partial charge in [0.2, 0.25) is 0 Å². The fraction of sp³-hybridized carbons (Fsp3) is 0.538. The first-order valence-electron chi connectivity index (χ1n) is 5.60. The van der Waals surface area contributed by atoms with E-state index in [2.05, 4.69) is 35.8 Å². The summed E-state index contributed by atoms with van der Waals surface area (Å²) in [7, 11) is 1.73. The lowest BCUT2D eigenvalue weighted by Gasteiger charge is -2.22. The minimum absolute atomic E-state index is 0.171. The Bertz CT molecular complexity index is 424. The molecule has 3 heteroatoms. The summed E-state index contributed by atoms with van der Waals surface area (Å²) < 4.78 is 6.57. The van der Waals surface area contributed by atoms with Crippen LogP contribution in [0.5, 0.6) is 5.75 Å². The highest BCUT2D eigenvalue weighted by Crippen LogP contribution is 2.53. The summed E-state index contributed by atoms with van der Waals surface area (Å²) in [6.07, 6.45) is 2.35. The predicted molar refractivity (Wildman–Crippen MR) is 70.1 cm³/mol. The minimum Gasteiger partial charge on any atom is -0.495 e. The zero-order chi connectivity index (χ0) is 11.9. The number of hydrogen-bond donors (Lipinski definition) is 1. The third-order valence-corrected chi connectivity index (χ3v) is 4.32. The summed E-state index contributed by atoms with van der Waals surface area (Å²) in [4.78, 5) is 0. The number of hydrogen-bond acceptors (Lipinski definition) is 2. The Balaban J connectivity index is 2.66. The Morgan fingerprint density at radius 2 is 2.06 bits per heavy atom. The van der Waals surface area contributed by atoms with Crippen LogP contribution in [0.1, 0.15) is 29.5 Å². The van der Waals surface area contributed by atoms with Crippen molar-refractivity contribution in [3.05, 3.63) is 27.2 Å². The average Bonchev–Trinajstić information content (AvgIpc) is 3.03. The fourth-order valence-corrected chi connectivity index (χ4v) is 3.10. The van der Waals surface area contributed by atoms with E-state index in [9.17, 15) is 0 Å².